The third kappa shape index (κ3) is 0.864. The molecule has 1 rings (SSSR count). The molecule has 1 aliphatic rings. The molecule has 0 saturated heterocycles. The summed E-state index contributed by atoms with van der Waals surface area (Å²) in [5.41, 5.74) is 4.58. The summed E-state index contributed by atoms with van der Waals surface area (Å²) in [6.07, 6.45) is 0. The molecule has 0 saturated carbocycles. The van der Waals surface area contributed by atoms with Gasteiger partial charge in [-0.1, -0.05) is 0 Å². The van der Waals surface area contributed by atoms with Crippen molar-refractivity contribution in [2.24, 2.45) is 0 Å². The third-order valence-electron chi connectivity index (χ3n) is 0.394. The van der Waals surface area contributed by atoms with E-state index < -0.39 is 0 Å². The van der Waals surface area contributed by atoms with Gasteiger partial charge < -0.3 is 0 Å². The van der Waals surface area contributed by atoms with E-state index in [0.717, 1.165) is 0 Å². The SMILES string of the molecule is C1=C[Si][Si][Si]1. The van der Waals surface area contributed by atoms with Crippen molar-refractivity contribution in [1.82, 2.24) is 0 Å². The Morgan fingerprint density at radius 1 is 1.00 bits per heavy atom. The molecule has 22 valence electrons. The first-order chi connectivity index (χ1) is 2.50. The van der Waals surface area contributed by atoms with Crippen LogP contribution in [0.2, 0.25) is 0 Å². The van der Waals surface area contributed by atoms with Crippen molar-refractivity contribution in [3.05, 3.63) is 11.4 Å². The van der Waals surface area contributed by atoms with E-state index in [1.165, 1.54) is 26.6 Å². The number of rotatable bonds is 0. The minimum Gasteiger partial charge on any atom is -0.111 e. The van der Waals surface area contributed by atoms with E-state index in [2.05, 4.69) is 11.4 Å². The molecule has 0 atom stereocenters. The van der Waals surface area contributed by atoms with Crippen LogP contribution in [0.5, 0.6) is 0 Å². The quantitative estimate of drug-likeness (QED) is 0.366. The fraction of sp³-hybridized carbons (Fsp3) is 0. The van der Waals surface area contributed by atoms with E-state index in [1.54, 1.807) is 0 Å². The van der Waals surface area contributed by atoms with Crippen molar-refractivity contribution < 1.29 is 0 Å². The largest absolute Gasteiger partial charge is 0.111 e. The molecular formula is C2H2Si3. The zero-order chi connectivity index (χ0) is 3.54. The maximum atomic E-state index is 2.29. The topological polar surface area (TPSA) is 0 Å². The van der Waals surface area contributed by atoms with Gasteiger partial charge in [0.1, 0.15) is 0 Å². The van der Waals surface area contributed by atoms with E-state index in [1.807, 2.05) is 0 Å². The zero-order valence-corrected chi connectivity index (χ0v) is 5.65. The molecule has 0 N–H and O–H groups in total. The van der Waals surface area contributed by atoms with Crippen LogP contribution >= 0.6 is 0 Å². The second kappa shape index (κ2) is 1.74. The molecule has 1 heterocycles. The van der Waals surface area contributed by atoms with Crippen LogP contribution in [0.25, 0.3) is 0 Å². The summed E-state index contributed by atoms with van der Waals surface area (Å²) in [5.74, 6) is 0. The Labute approximate surface area is 38.7 Å². The molecule has 0 bridgehead atoms. The summed E-state index contributed by atoms with van der Waals surface area (Å²) >= 11 is 0. The lowest BCUT2D eigenvalue weighted by atomic mass is 11.2. The first-order valence-corrected chi connectivity index (χ1v) is 6.57. The predicted octanol–water partition coefficient (Wildman–Crippen LogP) is -0.586. The van der Waals surface area contributed by atoms with E-state index in [4.69, 9.17) is 0 Å². The Bertz CT molecular complexity index is 42.9. The van der Waals surface area contributed by atoms with Gasteiger partial charge in [-0.15, -0.1) is 11.4 Å². The Morgan fingerprint density at radius 3 is 1.80 bits per heavy atom. The second-order valence-electron chi connectivity index (χ2n) is 0.747. The average Bonchev–Trinajstić information content (AvgIpc) is 1.76. The molecule has 0 fully saturated rings. The second-order valence-corrected chi connectivity index (χ2v) is 6.97. The van der Waals surface area contributed by atoms with E-state index >= 15 is 0 Å². The maximum absolute atomic E-state index is 2.29. The molecule has 0 aromatic carbocycles. The number of hydrogen-bond donors (Lipinski definition) is 0. The summed E-state index contributed by atoms with van der Waals surface area (Å²) in [4.78, 5) is 0. The van der Waals surface area contributed by atoms with Crippen molar-refractivity contribution in [1.29, 1.82) is 0 Å². The van der Waals surface area contributed by atoms with Gasteiger partial charge in [0, 0.05) is 26.6 Å². The fourth-order valence-corrected chi connectivity index (χ4v) is 5.63. The van der Waals surface area contributed by atoms with E-state index in [-0.39, 0.29) is 0 Å². The smallest absolute Gasteiger partial charge is 0.0499 e. The molecule has 3 heteroatoms. The van der Waals surface area contributed by atoms with Gasteiger partial charge in [0.15, 0.2) is 0 Å². The monoisotopic (exact) mass is 110 g/mol. The average molecular weight is 110 g/mol. The lowest BCUT2D eigenvalue weighted by Crippen LogP contribution is -1.98. The van der Waals surface area contributed by atoms with Crippen molar-refractivity contribution >= 4 is 26.6 Å². The van der Waals surface area contributed by atoms with Gasteiger partial charge >= 0.3 is 0 Å². The Kier molecular flexibility index (Phi) is 1.24. The Hall–Kier alpha value is 0.391. The van der Waals surface area contributed by atoms with Crippen LogP contribution in [0.4, 0.5) is 0 Å². The summed E-state index contributed by atoms with van der Waals surface area (Å²) in [6.45, 7) is 0. The minimum absolute atomic E-state index is 1.17. The molecule has 0 aromatic rings. The molecular weight excluding hydrogens is 108 g/mol. The minimum atomic E-state index is 1.17. The van der Waals surface area contributed by atoms with Crippen molar-refractivity contribution in [2.45, 2.75) is 0 Å². The van der Waals surface area contributed by atoms with Crippen LogP contribution in [0.3, 0.4) is 0 Å². The standard InChI is InChI=1S/C2H2Si3/c1-2-4-5-3-1/h1-2H. The lowest BCUT2D eigenvalue weighted by Gasteiger charge is -1.62. The van der Waals surface area contributed by atoms with Crippen molar-refractivity contribution in [2.75, 3.05) is 0 Å². The molecule has 0 aliphatic carbocycles. The normalized spacial score (nSPS) is 20.8. The summed E-state index contributed by atoms with van der Waals surface area (Å²) in [5, 5.41) is 0. The number of hydrogen-bond acceptors (Lipinski definition) is 0. The Morgan fingerprint density at radius 2 is 1.60 bits per heavy atom. The van der Waals surface area contributed by atoms with E-state index in [0.29, 0.717) is 0 Å². The summed E-state index contributed by atoms with van der Waals surface area (Å²) in [7, 11) is 3.59. The summed E-state index contributed by atoms with van der Waals surface area (Å²) < 4.78 is 0. The molecule has 0 nitrogen and oxygen atoms in total. The highest BCUT2D eigenvalue weighted by Crippen LogP contribution is 1.73. The van der Waals surface area contributed by atoms with Crippen LogP contribution in [-0.4, -0.2) is 26.6 Å². The zero-order valence-electron chi connectivity index (χ0n) is 2.65. The molecule has 0 aromatic heterocycles. The van der Waals surface area contributed by atoms with Crippen LogP contribution in [0.15, 0.2) is 11.4 Å². The first-order valence-electron chi connectivity index (χ1n) is 1.41. The molecule has 6 radical (unpaired) electrons. The molecule has 5 heavy (non-hydrogen) atoms. The van der Waals surface area contributed by atoms with Crippen LogP contribution in [0.1, 0.15) is 0 Å². The van der Waals surface area contributed by atoms with Crippen LogP contribution < -0.4 is 0 Å². The molecule has 0 spiro atoms. The van der Waals surface area contributed by atoms with E-state index in [9.17, 15) is 0 Å². The van der Waals surface area contributed by atoms with Gasteiger partial charge in [-0.05, 0) is 0 Å². The molecule has 0 amide bonds. The third-order valence-corrected chi connectivity index (χ3v) is 6.15. The fourth-order valence-electron chi connectivity index (χ4n) is 0.208. The van der Waals surface area contributed by atoms with Gasteiger partial charge in [-0.2, -0.15) is 0 Å². The van der Waals surface area contributed by atoms with Crippen LogP contribution in [0, 0.1) is 0 Å². The highest BCUT2D eigenvalue weighted by molar-refractivity contribution is 7.34. The molecule has 0 unspecified atom stereocenters. The predicted molar refractivity (Wildman–Crippen MR) is 26.4 cm³/mol. The van der Waals surface area contributed by atoms with Crippen molar-refractivity contribution in [3.63, 3.8) is 0 Å². The highest BCUT2D eigenvalue weighted by Gasteiger charge is 1.89. The highest BCUT2D eigenvalue weighted by atomic mass is 29.5. The van der Waals surface area contributed by atoms with Gasteiger partial charge in [0.25, 0.3) is 0 Å². The van der Waals surface area contributed by atoms with Crippen LogP contribution in [-0.2, 0) is 0 Å². The van der Waals surface area contributed by atoms with Gasteiger partial charge in [-0.25, -0.2) is 0 Å². The van der Waals surface area contributed by atoms with Gasteiger partial charge in [0.05, 0.1) is 0 Å². The Balaban J connectivity index is 2.32. The maximum Gasteiger partial charge on any atom is 0.0499 e. The van der Waals surface area contributed by atoms with Gasteiger partial charge in [-0.3, -0.25) is 0 Å². The summed E-state index contributed by atoms with van der Waals surface area (Å²) in [6, 6.07) is 0. The van der Waals surface area contributed by atoms with Gasteiger partial charge in [0.2, 0.25) is 0 Å². The van der Waals surface area contributed by atoms with Crippen molar-refractivity contribution in [3.8, 4) is 0 Å². The lowest BCUT2D eigenvalue weighted by molar-refractivity contribution is 2.50. The first kappa shape index (κ1) is 3.58. The molecule has 1 aliphatic heterocycles.